The first-order valence-corrected chi connectivity index (χ1v) is 10.2. The summed E-state index contributed by atoms with van der Waals surface area (Å²) in [6.45, 7) is 5.15. The van der Waals surface area contributed by atoms with Crippen LogP contribution in [0.25, 0.3) is 0 Å². The molecule has 1 aliphatic rings. The molecule has 156 valence electrons. The van der Waals surface area contributed by atoms with Gasteiger partial charge in [-0.15, -0.1) is 0 Å². The summed E-state index contributed by atoms with van der Waals surface area (Å²) in [4.78, 5) is 15.1. The summed E-state index contributed by atoms with van der Waals surface area (Å²) < 4.78 is 16.4. The molecule has 0 radical (unpaired) electrons. The summed E-state index contributed by atoms with van der Waals surface area (Å²) in [5.74, 6) is 0.531. The Balaban J connectivity index is 1.87. The molecule has 0 atom stereocenters. The molecule has 0 bridgehead atoms. The summed E-state index contributed by atoms with van der Waals surface area (Å²) in [7, 11) is 1.51. The van der Waals surface area contributed by atoms with Crippen LogP contribution in [-0.2, 0) is 4.74 Å². The lowest BCUT2D eigenvalue weighted by molar-refractivity contribution is 0.102. The molecular formula is C21H24Cl2N2O4. The molecule has 2 aromatic rings. The van der Waals surface area contributed by atoms with Gasteiger partial charge in [-0.3, -0.25) is 4.79 Å². The van der Waals surface area contributed by atoms with Gasteiger partial charge in [0.15, 0.2) is 11.5 Å². The van der Waals surface area contributed by atoms with E-state index in [9.17, 15) is 4.79 Å². The third kappa shape index (κ3) is 5.07. The van der Waals surface area contributed by atoms with Crippen LogP contribution < -0.4 is 19.7 Å². The fourth-order valence-electron chi connectivity index (χ4n) is 3.11. The zero-order valence-electron chi connectivity index (χ0n) is 16.5. The number of nitrogens with zero attached hydrogens (tertiary/aromatic N) is 1. The number of anilines is 2. The molecule has 1 heterocycles. The predicted molar refractivity (Wildman–Crippen MR) is 116 cm³/mol. The van der Waals surface area contributed by atoms with Crippen molar-refractivity contribution >= 4 is 40.5 Å². The summed E-state index contributed by atoms with van der Waals surface area (Å²) in [6, 6.07) is 8.62. The van der Waals surface area contributed by atoms with Crippen LogP contribution >= 0.6 is 23.2 Å². The van der Waals surface area contributed by atoms with Crippen LogP contribution in [0.2, 0.25) is 10.0 Å². The number of morpholine rings is 1. The van der Waals surface area contributed by atoms with Crippen molar-refractivity contribution in [1.29, 1.82) is 0 Å². The minimum Gasteiger partial charge on any atom is -0.493 e. The highest BCUT2D eigenvalue weighted by atomic mass is 35.5. The highest BCUT2D eigenvalue weighted by Gasteiger charge is 2.21. The van der Waals surface area contributed by atoms with Crippen LogP contribution in [0.3, 0.4) is 0 Å². The molecule has 0 saturated carbocycles. The van der Waals surface area contributed by atoms with E-state index in [4.69, 9.17) is 37.4 Å². The van der Waals surface area contributed by atoms with Crippen LogP contribution in [0, 0.1) is 0 Å². The van der Waals surface area contributed by atoms with E-state index in [0.717, 1.165) is 12.1 Å². The molecule has 2 aromatic carbocycles. The van der Waals surface area contributed by atoms with Gasteiger partial charge in [0.1, 0.15) is 0 Å². The van der Waals surface area contributed by atoms with Crippen molar-refractivity contribution in [3.63, 3.8) is 0 Å². The fourth-order valence-corrected chi connectivity index (χ4v) is 3.67. The molecule has 0 unspecified atom stereocenters. The lowest BCUT2D eigenvalue weighted by Gasteiger charge is -2.31. The van der Waals surface area contributed by atoms with Crippen LogP contribution in [0.4, 0.5) is 11.4 Å². The van der Waals surface area contributed by atoms with Gasteiger partial charge >= 0.3 is 0 Å². The number of hydrogen-bond donors (Lipinski definition) is 1. The Labute approximate surface area is 180 Å². The van der Waals surface area contributed by atoms with Gasteiger partial charge in [-0.2, -0.15) is 0 Å². The predicted octanol–water partition coefficient (Wildman–Crippen LogP) is 4.88. The molecule has 6 nitrogen and oxygen atoms in total. The van der Waals surface area contributed by atoms with Gasteiger partial charge in [0.05, 0.1) is 48.4 Å². The lowest BCUT2D eigenvalue weighted by atomic mass is 10.1. The first kappa shape index (κ1) is 21.6. The third-order valence-corrected chi connectivity index (χ3v) is 5.09. The summed E-state index contributed by atoms with van der Waals surface area (Å²) in [6.07, 6.45) is 0.834. The molecule has 29 heavy (non-hydrogen) atoms. The first-order chi connectivity index (χ1) is 14.0. The maximum atomic E-state index is 13.0. The quantitative estimate of drug-likeness (QED) is 0.667. The Morgan fingerprint density at radius 3 is 2.66 bits per heavy atom. The number of rotatable bonds is 7. The topological polar surface area (TPSA) is 60.0 Å². The van der Waals surface area contributed by atoms with E-state index in [1.807, 2.05) is 19.1 Å². The van der Waals surface area contributed by atoms with Crippen molar-refractivity contribution in [2.45, 2.75) is 13.3 Å². The number of amides is 1. The minimum atomic E-state index is -0.316. The Hall–Kier alpha value is -2.15. The monoisotopic (exact) mass is 438 g/mol. The SMILES string of the molecule is CCCOc1c(Cl)cc(C(=O)Nc2cccc(Cl)c2N2CCOCC2)cc1OC. The number of carbonyl (C=O) groups is 1. The molecule has 0 aromatic heterocycles. The van der Waals surface area contributed by atoms with E-state index in [0.29, 0.717) is 65.7 Å². The number of para-hydroxylation sites is 1. The molecule has 0 spiro atoms. The molecular weight excluding hydrogens is 415 g/mol. The zero-order chi connectivity index (χ0) is 20.8. The second-order valence-corrected chi connectivity index (χ2v) is 7.34. The van der Waals surface area contributed by atoms with Crippen molar-refractivity contribution in [3.05, 3.63) is 45.9 Å². The number of nitrogens with one attached hydrogen (secondary N) is 1. The summed E-state index contributed by atoms with van der Waals surface area (Å²) in [5.41, 5.74) is 1.78. The highest BCUT2D eigenvalue weighted by molar-refractivity contribution is 6.34. The zero-order valence-corrected chi connectivity index (χ0v) is 18.0. The molecule has 3 rings (SSSR count). The minimum absolute atomic E-state index is 0.316. The van der Waals surface area contributed by atoms with E-state index in [1.165, 1.54) is 7.11 Å². The van der Waals surface area contributed by atoms with Crippen molar-refractivity contribution in [2.75, 3.05) is 50.2 Å². The third-order valence-electron chi connectivity index (χ3n) is 4.50. The number of hydrogen-bond acceptors (Lipinski definition) is 5. The number of ether oxygens (including phenoxy) is 3. The van der Waals surface area contributed by atoms with Gasteiger partial charge in [-0.05, 0) is 30.7 Å². The van der Waals surface area contributed by atoms with Crippen LogP contribution in [0.5, 0.6) is 11.5 Å². The van der Waals surface area contributed by atoms with Gasteiger partial charge in [0, 0.05) is 18.7 Å². The van der Waals surface area contributed by atoms with E-state index >= 15 is 0 Å². The van der Waals surface area contributed by atoms with E-state index in [1.54, 1.807) is 18.2 Å². The summed E-state index contributed by atoms with van der Waals surface area (Å²) >= 11 is 12.8. The second kappa shape index (κ2) is 10.1. The molecule has 1 fully saturated rings. The number of carbonyl (C=O) groups excluding carboxylic acids is 1. The molecule has 8 heteroatoms. The second-order valence-electron chi connectivity index (χ2n) is 6.53. The standard InChI is InChI=1S/C21H24Cl2N2O4/c1-3-9-29-20-16(23)12-14(13-18(20)27-2)21(26)24-17-6-4-5-15(22)19(17)25-7-10-28-11-8-25/h4-6,12-13H,3,7-11H2,1-2H3,(H,24,26). The average Bonchev–Trinajstić information content (AvgIpc) is 2.73. The highest BCUT2D eigenvalue weighted by Crippen LogP contribution is 2.38. The van der Waals surface area contributed by atoms with Crippen LogP contribution in [0.1, 0.15) is 23.7 Å². The first-order valence-electron chi connectivity index (χ1n) is 9.48. The van der Waals surface area contributed by atoms with Gasteiger partial charge in [-0.1, -0.05) is 36.2 Å². The number of methoxy groups -OCH3 is 1. The van der Waals surface area contributed by atoms with Crippen LogP contribution in [0.15, 0.2) is 30.3 Å². The smallest absolute Gasteiger partial charge is 0.255 e. The Morgan fingerprint density at radius 1 is 1.21 bits per heavy atom. The number of halogens is 2. The van der Waals surface area contributed by atoms with E-state index < -0.39 is 0 Å². The molecule has 1 saturated heterocycles. The maximum absolute atomic E-state index is 13.0. The van der Waals surface area contributed by atoms with Crippen molar-refractivity contribution in [2.24, 2.45) is 0 Å². The lowest BCUT2D eigenvalue weighted by Crippen LogP contribution is -2.37. The summed E-state index contributed by atoms with van der Waals surface area (Å²) in [5, 5.41) is 3.84. The fraction of sp³-hybridized carbons (Fsp3) is 0.381. The largest absolute Gasteiger partial charge is 0.493 e. The molecule has 1 aliphatic heterocycles. The van der Waals surface area contributed by atoms with Gasteiger partial charge in [0.25, 0.3) is 5.91 Å². The van der Waals surface area contributed by atoms with Gasteiger partial charge in [0.2, 0.25) is 0 Å². The van der Waals surface area contributed by atoms with E-state index in [2.05, 4.69) is 10.2 Å². The molecule has 1 N–H and O–H groups in total. The average molecular weight is 439 g/mol. The van der Waals surface area contributed by atoms with Crippen LogP contribution in [-0.4, -0.2) is 45.9 Å². The Morgan fingerprint density at radius 2 is 1.97 bits per heavy atom. The number of benzene rings is 2. The Kier molecular flexibility index (Phi) is 7.47. The Bertz CT molecular complexity index is 870. The van der Waals surface area contributed by atoms with Crippen molar-refractivity contribution in [1.82, 2.24) is 0 Å². The molecule has 1 amide bonds. The van der Waals surface area contributed by atoms with Gasteiger partial charge < -0.3 is 24.4 Å². The van der Waals surface area contributed by atoms with Crippen molar-refractivity contribution < 1.29 is 19.0 Å². The normalized spacial score (nSPS) is 13.9. The van der Waals surface area contributed by atoms with E-state index in [-0.39, 0.29) is 5.91 Å². The molecule has 0 aliphatic carbocycles. The van der Waals surface area contributed by atoms with Gasteiger partial charge in [-0.25, -0.2) is 0 Å². The maximum Gasteiger partial charge on any atom is 0.255 e. The van der Waals surface area contributed by atoms with Crippen molar-refractivity contribution in [3.8, 4) is 11.5 Å².